The van der Waals surface area contributed by atoms with Crippen LogP contribution in [-0.4, -0.2) is 40.8 Å². The number of fused-ring (bicyclic) bond motifs is 1. The Morgan fingerprint density at radius 2 is 1.69 bits per heavy atom. The summed E-state index contributed by atoms with van der Waals surface area (Å²) in [6.45, 7) is 5.73. The number of pyridine rings is 1. The van der Waals surface area contributed by atoms with Crippen LogP contribution in [-0.2, 0) is 15.0 Å². The van der Waals surface area contributed by atoms with Crippen LogP contribution in [0.1, 0.15) is 56.0 Å². The van der Waals surface area contributed by atoms with E-state index in [-0.39, 0.29) is 12.6 Å². The van der Waals surface area contributed by atoms with Gasteiger partial charge in [-0.3, -0.25) is 9.20 Å². The number of amides is 2. The van der Waals surface area contributed by atoms with Crippen LogP contribution in [0.25, 0.3) is 28.2 Å². The lowest BCUT2D eigenvalue weighted by Gasteiger charge is -2.43. The molecule has 0 bridgehead atoms. The van der Waals surface area contributed by atoms with Crippen LogP contribution in [0.15, 0.2) is 72.9 Å². The Kier molecular flexibility index (Phi) is 7.14. The van der Waals surface area contributed by atoms with E-state index < -0.39 is 17.2 Å². The molecule has 1 aliphatic carbocycles. The third-order valence-electron chi connectivity index (χ3n) is 6.96. The summed E-state index contributed by atoms with van der Waals surface area (Å²) in [4.78, 5) is 30.2. The van der Waals surface area contributed by atoms with Gasteiger partial charge in [-0.05, 0) is 57.7 Å². The Morgan fingerprint density at radius 1 is 0.974 bits per heavy atom. The molecule has 0 unspecified atom stereocenters. The van der Waals surface area contributed by atoms with E-state index in [9.17, 15) is 9.59 Å². The maximum absolute atomic E-state index is 12.6. The summed E-state index contributed by atoms with van der Waals surface area (Å²) in [6, 6.07) is 21.8. The molecule has 1 aliphatic rings. The van der Waals surface area contributed by atoms with Gasteiger partial charge in [-0.2, -0.15) is 0 Å². The highest BCUT2D eigenvalue weighted by molar-refractivity contribution is 5.94. The number of rotatable bonds is 7. The molecule has 1 fully saturated rings. The van der Waals surface area contributed by atoms with E-state index in [1.54, 1.807) is 6.07 Å². The largest absolute Gasteiger partial charge is 0.444 e. The van der Waals surface area contributed by atoms with Crippen molar-refractivity contribution in [2.45, 2.75) is 51.2 Å². The average Bonchev–Trinajstić information content (AvgIpc) is 3.28. The lowest BCUT2D eigenvalue weighted by Crippen LogP contribution is -2.52. The number of aromatic nitrogens is 2. The first-order valence-corrected chi connectivity index (χ1v) is 13.2. The van der Waals surface area contributed by atoms with E-state index in [0.29, 0.717) is 5.56 Å². The number of nitrogens with one attached hydrogen (secondary N) is 2. The molecule has 0 spiro atoms. The Balaban J connectivity index is 1.52. The molecule has 0 aliphatic heterocycles. The molecule has 2 heterocycles. The fraction of sp³-hybridized carbons (Fsp3) is 0.323. The van der Waals surface area contributed by atoms with Crippen LogP contribution in [0.5, 0.6) is 0 Å². The summed E-state index contributed by atoms with van der Waals surface area (Å²) in [6.07, 6.45) is 4.18. The van der Waals surface area contributed by atoms with Gasteiger partial charge in [0.25, 0.3) is 5.91 Å². The van der Waals surface area contributed by atoms with E-state index in [0.717, 1.165) is 53.0 Å². The first-order valence-electron chi connectivity index (χ1n) is 13.2. The van der Waals surface area contributed by atoms with Crippen molar-refractivity contribution >= 4 is 17.6 Å². The predicted octanol–water partition coefficient (Wildman–Crippen LogP) is 5.91. The highest BCUT2D eigenvalue weighted by Gasteiger charge is 2.41. The first-order chi connectivity index (χ1) is 18.7. The van der Waals surface area contributed by atoms with Crippen molar-refractivity contribution in [3.05, 3.63) is 84.1 Å². The Bertz CT molecular complexity index is 1480. The topological polar surface area (TPSA) is 94.0 Å². The number of carbonyl (C=O) groups is 2. The van der Waals surface area contributed by atoms with Gasteiger partial charge in [-0.1, -0.05) is 54.6 Å². The van der Waals surface area contributed by atoms with Crippen molar-refractivity contribution < 1.29 is 19.1 Å². The normalized spacial score (nSPS) is 14.5. The Labute approximate surface area is 228 Å². The number of nitrogens with zero attached hydrogens (tertiary/aromatic N) is 2. The average molecular weight is 527 g/mol. The highest BCUT2D eigenvalue weighted by Crippen LogP contribution is 2.42. The van der Waals surface area contributed by atoms with E-state index >= 15 is 0 Å². The van der Waals surface area contributed by atoms with Crippen molar-refractivity contribution in [3.8, 4) is 22.5 Å². The molecule has 2 aromatic heterocycles. The van der Waals surface area contributed by atoms with Crippen molar-refractivity contribution in [2.24, 2.45) is 0 Å². The second kappa shape index (κ2) is 10.5. The Morgan fingerprint density at radius 3 is 2.31 bits per heavy atom. The zero-order chi connectivity index (χ0) is 27.6. The van der Waals surface area contributed by atoms with Gasteiger partial charge in [0.2, 0.25) is 0 Å². The second-order valence-electron chi connectivity index (χ2n) is 10.9. The third kappa shape index (κ3) is 5.52. The molecular weight excluding hydrogens is 492 g/mol. The van der Waals surface area contributed by atoms with Crippen molar-refractivity contribution in [1.82, 2.24) is 20.0 Å². The van der Waals surface area contributed by atoms with E-state index in [1.165, 1.54) is 7.11 Å². The zero-order valence-electron chi connectivity index (χ0n) is 22.8. The summed E-state index contributed by atoms with van der Waals surface area (Å²) in [5.41, 5.74) is 4.95. The number of ether oxygens (including phenoxy) is 2. The van der Waals surface area contributed by atoms with Crippen molar-refractivity contribution in [1.29, 1.82) is 0 Å². The van der Waals surface area contributed by atoms with Gasteiger partial charge in [0.05, 0.1) is 22.5 Å². The fourth-order valence-corrected chi connectivity index (χ4v) is 4.95. The van der Waals surface area contributed by atoms with Gasteiger partial charge < -0.3 is 20.1 Å². The van der Waals surface area contributed by atoms with Gasteiger partial charge in [0.1, 0.15) is 18.0 Å². The molecule has 0 radical (unpaired) electrons. The minimum absolute atomic E-state index is 0.133. The maximum Gasteiger partial charge on any atom is 0.408 e. The van der Waals surface area contributed by atoms with E-state index in [2.05, 4.69) is 22.8 Å². The molecular formula is C31H34N4O4. The number of hydrogen-bond donors (Lipinski definition) is 2. The Hall–Kier alpha value is -4.17. The van der Waals surface area contributed by atoms with Crippen LogP contribution in [0.2, 0.25) is 0 Å². The number of alkyl carbamates (subject to hydrolysis) is 1. The summed E-state index contributed by atoms with van der Waals surface area (Å²) >= 11 is 0. The third-order valence-corrected chi connectivity index (χ3v) is 6.96. The quantitative estimate of drug-likeness (QED) is 0.292. The van der Waals surface area contributed by atoms with E-state index in [1.807, 2.05) is 79.9 Å². The number of imidazole rings is 1. The zero-order valence-corrected chi connectivity index (χ0v) is 22.8. The van der Waals surface area contributed by atoms with Gasteiger partial charge in [0, 0.05) is 24.4 Å². The van der Waals surface area contributed by atoms with Gasteiger partial charge in [0.15, 0.2) is 0 Å². The SMILES string of the molecule is COCNC(=O)c1ccc2nc(-c3ccc(C4(NC(=O)OC(C)(C)C)CCC4)cc3)c(-c3ccccc3)n2c1. The van der Waals surface area contributed by atoms with Gasteiger partial charge in [-0.15, -0.1) is 0 Å². The van der Waals surface area contributed by atoms with Crippen molar-refractivity contribution in [2.75, 3.05) is 13.8 Å². The minimum Gasteiger partial charge on any atom is -0.444 e. The maximum atomic E-state index is 12.6. The smallest absolute Gasteiger partial charge is 0.408 e. The van der Waals surface area contributed by atoms with Crippen LogP contribution >= 0.6 is 0 Å². The molecule has 2 amide bonds. The predicted molar refractivity (Wildman–Crippen MR) is 150 cm³/mol. The van der Waals surface area contributed by atoms with Gasteiger partial charge in [-0.25, -0.2) is 9.78 Å². The molecule has 8 heteroatoms. The molecule has 1 saturated carbocycles. The number of benzene rings is 2. The first kappa shape index (κ1) is 26.4. The summed E-state index contributed by atoms with van der Waals surface area (Å²) in [5.74, 6) is -0.222. The second-order valence-corrected chi connectivity index (χ2v) is 10.9. The molecule has 2 N–H and O–H groups in total. The standard InChI is InChI=1S/C31H34N4O4/c1-30(2,3)39-29(37)34-31(17-8-18-31)24-14-11-21(12-15-24)26-27(22-9-6-5-7-10-22)35-19-23(13-16-25(35)33-26)28(36)32-20-38-4/h5-7,9-16,19H,8,17-18,20H2,1-4H3,(H,32,36)(H,34,37). The molecule has 2 aromatic carbocycles. The molecule has 5 rings (SSSR count). The lowest BCUT2D eigenvalue weighted by molar-refractivity contribution is 0.0377. The summed E-state index contributed by atoms with van der Waals surface area (Å²) in [7, 11) is 1.53. The fourth-order valence-electron chi connectivity index (χ4n) is 4.95. The summed E-state index contributed by atoms with van der Waals surface area (Å²) in [5, 5.41) is 5.86. The molecule has 0 atom stereocenters. The number of methoxy groups -OCH3 is 1. The molecule has 39 heavy (non-hydrogen) atoms. The molecule has 0 saturated heterocycles. The monoisotopic (exact) mass is 526 g/mol. The molecule has 4 aromatic rings. The van der Waals surface area contributed by atoms with Crippen LogP contribution in [0.4, 0.5) is 4.79 Å². The van der Waals surface area contributed by atoms with Gasteiger partial charge >= 0.3 is 6.09 Å². The lowest BCUT2D eigenvalue weighted by atomic mass is 9.71. The number of hydrogen-bond acceptors (Lipinski definition) is 5. The highest BCUT2D eigenvalue weighted by atomic mass is 16.6. The van der Waals surface area contributed by atoms with Crippen LogP contribution < -0.4 is 10.6 Å². The minimum atomic E-state index is -0.555. The molecule has 8 nitrogen and oxygen atoms in total. The summed E-state index contributed by atoms with van der Waals surface area (Å²) < 4.78 is 12.5. The van der Waals surface area contributed by atoms with Crippen LogP contribution in [0, 0.1) is 0 Å². The van der Waals surface area contributed by atoms with Crippen molar-refractivity contribution in [3.63, 3.8) is 0 Å². The molecule has 202 valence electrons. The van der Waals surface area contributed by atoms with E-state index in [4.69, 9.17) is 14.5 Å². The van der Waals surface area contributed by atoms with Crippen LogP contribution in [0.3, 0.4) is 0 Å². The number of carbonyl (C=O) groups excluding carboxylic acids is 2.